The summed E-state index contributed by atoms with van der Waals surface area (Å²) in [5.41, 5.74) is -0.410. The molecule has 6 rings (SSSR count). The average molecular weight is 611 g/mol. The average Bonchev–Trinajstić information content (AvgIpc) is 2.95. The van der Waals surface area contributed by atoms with Crippen LogP contribution < -0.4 is 9.47 Å². The fraction of sp³-hybridized carbons (Fsp3) is 0.200. The van der Waals surface area contributed by atoms with Crippen molar-refractivity contribution in [2.45, 2.75) is 36.8 Å². The third kappa shape index (κ3) is 4.35. The van der Waals surface area contributed by atoms with Gasteiger partial charge in [-0.1, -0.05) is 0 Å². The molecule has 2 aliphatic heterocycles. The molecule has 5 unspecified atom stereocenters. The number of ether oxygens (including phenoxy) is 2. The van der Waals surface area contributed by atoms with Gasteiger partial charge in [0.25, 0.3) is 0 Å². The Morgan fingerprint density at radius 1 is 0.523 bits per heavy atom. The highest BCUT2D eigenvalue weighted by molar-refractivity contribution is 5.66. The highest BCUT2D eigenvalue weighted by Crippen LogP contribution is 2.57. The van der Waals surface area contributed by atoms with Crippen molar-refractivity contribution in [3.63, 3.8) is 0 Å². The van der Waals surface area contributed by atoms with Crippen LogP contribution in [-0.2, 0) is 6.42 Å². The topological polar surface area (TPSA) is 261 Å². The van der Waals surface area contributed by atoms with E-state index >= 15 is 0 Å². The number of fused-ring (bicyclic) bond motifs is 2. The SMILES string of the molecule is Oc1cc(O)c2c(c1)OC(c1cc(O)c(O)c(O)c1)C(O)C2c1c(O)cc(O)c2c1OC(c1cc(O)c(O)c(O)c1)C(O)C2. The summed E-state index contributed by atoms with van der Waals surface area (Å²) in [6, 6.07) is 7.08. The van der Waals surface area contributed by atoms with E-state index in [0.29, 0.717) is 0 Å². The van der Waals surface area contributed by atoms with Gasteiger partial charge in [-0.25, -0.2) is 0 Å². The van der Waals surface area contributed by atoms with Crippen LogP contribution in [0.5, 0.6) is 69.0 Å². The molecule has 0 aromatic heterocycles. The molecule has 0 saturated carbocycles. The minimum absolute atomic E-state index is 0.00153. The molecular weight excluding hydrogens is 584 g/mol. The van der Waals surface area contributed by atoms with Gasteiger partial charge in [0, 0.05) is 52.4 Å². The van der Waals surface area contributed by atoms with Gasteiger partial charge in [0.1, 0.15) is 40.6 Å². The number of aromatic hydroxyl groups is 10. The second-order valence-electron chi connectivity index (χ2n) is 10.6. The van der Waals surface area contributed by atoms with Gasteiger partial charge in [0.15, 0.2) is 46.7 Å². The van der Waals surface area contributed by atoms with Crippen molar-refractivity contribution < 1.29 is 70.8 Å². The maximum Gasteiger partial charge on any atom is 0.200 e. The van der Waals surface area contributed by atoms with Crippen LogP contribution in [0.3, 0.4) is 0 Å². The predicted molar refractivity (Wildman–Crippen MR) is 147 cm³/mol. The first-order chi connectivity index (χ1) is 20.8. The largest absolute Gasteiger partial charge is 0.508 e. The Bertz CT molecular complexity index is 1770. The van der Waals surface area contributed by atoms with E-state index in [2.05, 4.69) is 0 Å². The Kier molecular flexibility index (Phi) is 6.48. The summed E-state index contributed by atoms with van der Waals surface area (Å²) in [5.74, 6) is -8.60. The van der Waals surface area contributed by atoms with E-state index in [0.717, 1.165) is 42.5 Å². The summed E-state index contributed by atoms with van der Waals surface area (Å²) >= 11 is 0. The number of hydrogen-bond donors (Lipinski definition) is 12. The Morgan fingerprint density at radius 3 is 1.61 bits per heavy atom. The first kappa shape index (κ1) is 28.5. The van der Waals surface area contributed by atoms with Gasteiger partial charge in [-0.15, -0.1) is 0 Å². The summed E-state index contributed by atoms with van der Waals surface area (Å²) in [5, 5.41) is 126. The summed E-state index contributed by atoms with van der Waals surface area (Å²) < 4.78 is 12.0. The molecule has 230 valence electrons. The summed E-state index contributed by atoms with van der Waals surface area (Å²) in [4.78, 5) is 0. The van der Waals surface area contributed by atoms with E-state index in [1.165, 1.54) is 0 Å². The number of phenols is 10. The predicted octanol–water partition coefficient (Wildman–Crippen LogP) is 2.41. The molecule has 0 aliphatic carbocycles. The standard InChI is InChI=1S/C30H26O14/c31-11-5-14(33)22-21(6-11)43-29(10-3-18(37)26(41)19(38)4-10)27(42)24(22)23-15(34)8-13(32)12-7-20(39)28(44-30(12)23)9-1-16(35)25(40)17(36)2-9/h1-6,8,20,24,27-29,31-42H,7H2. The third-order valence-electron chi connectivity index (χ3n) is 7.86. The van der Waals surface area contributed by atoms with Gasteiger partial charge in [0.05, 0.1) is 12.0 Å². The molecule has 14 heteroatoms. The normalized spacial score (nSPS) is 22.4. The minimum Gasteiger partial charge on any atom is -0.508 e. The van der Waals surface area contributed by atoms with E-state index in [4.69, 9.17) is 9.47 Å². The van der Waals surface area contributed by atoms with Gasteiger partial charge in [-0.2, -0.15) is 0 Å². The van der Waals surface area contributed by atoms with Crippen molar-refractivity contribution in [1.29, 1.82) is 0 Å². The van der Waals surface area contributed by atoms with Crippen molar-refractivity contribution in [2.24, 2.45) is 0 Å². The van der Waals surface area contributed by atoms with E-state index in [1.54, 1.807) is 0 Å². The molecule has 2 aliphatic rings. The molecule has 0 bridgehead atoms. The molecule has 0 spiro atoms. The number of aliphatic hydroxyl groups is 2. The molecule has 0 fully saturated rings. The molecule has 4 aromatic rings. The summed E-state index contributed by atoms with van der Waals surface area (Å²) in [7, 11) is 0. The van der Waals surface area contributed by atoms with Crippen LogP contribution in [0.4, 0.5) is 0 Å². The van der Waals surface area contributed by atoms with Crippen LogP contribution in [0.2, 0.25) is 0 Å². The van der Waals surface area contributed by atoms with Crippen LogP contribution in [0.1, 0.15) is 45.9 Å². The minimum atomic E-state index is -1.75. The lowest BCUT2D eigenvalue weighted by Gasteiger charge is -2.40. The fourth-order valence-electron chi connectivity index (χ4n) is 5.85. The Balaban J connectivity index is 1.56. The number of aliphatic hydroxyl groups excluding tert-OH is 2. The lowest BCUT2D eigenvalue weighted by molar-refractivity contribution is 0.00106. The second-order valence-corrected chi connectivity index (χ2v) is 10.6. The first-order valence-corrected chi connectivity index (χ1v) is 13.1. The Morgan fingerprint density at radius 2 is 1.05 bits per heavy atom. The molecule has 5 atom stereocenters. The monoisotopic (exact) mass is 610 g/mol. The zero-order valence-electron chi connectivity index (χ0n) is 22.3. The molecule has 4 aromatic carbocycles. The fourth-order valence-corrected chi connectivity index (χ4v) is 5.85. The smallest absolute Gasteiger partial charge is 0.200 e. The van der Waals surface area contributed by atoms with Gasteiger partial charge < -0.3 is 70.8 Å². The zero-order chi connectivity index (χ0) is 31.8. The lowest BCUT2D eigenvalue weighted by Crippen LogP contribution is -2.36. The molecule has 14 nitrogen and oxygen atoms in total. The Labute approximate surface area is 247 Å². The van der Waals surface area contributed by atoms with Gasteiger partial charge >= 0.3 is 0 Å². The van der Waals surface area contributed by atoms with E-state index in [9.17, 15) is 61.3 Å². The molecular formula is C30H26O14. The van der Waals surface area contributed by atoms with Crippen LogP contribution in [0.25, 0.3) is 0 Å². The summed E-state index contributed by atoms with van der Waals surface area (Å²) in [6.07, 6.45) is -6.26. The van der Waals surface area contributed by atoms with E-state index < -0.39 is 87.8 Å². The van der Waals surface area contributed by atoms with Crippen LogP contribution in [-0.4, -0.2) is 73.5 Å². The molecule has 12 N–H and O–H groups in total. The number of benzene rings is 4. The number of rotatable bonds is 3. The maximum atomic E-state index is 11.8. The van der Waals surface area contributed by atoms with Crippen molar-refractivity contribution in [3.8, 4) is 69.0 Å². The van der Waals surface area contributed by atoms with Crippen LogP contribution in [0, 0.1) is 0 Å². The van der Waals surface area contributed by atoms with Gasteiger partial charge in [-0.05, 0) is 24.3 Å². The number of phenolic OH excluding ortho intramolecular Hbond substituents is 10. The van der Waals surface area contributed by atoms with Crippen molar-refractivity contribution in [1.82, 2.24) is 0 Å². The number of hydrogen-bond acceptors (Lipinski definition) is 14. The van der Waals surface area contributed by atoms with Crippen LogP contribution >= 0.6 is 0 Å². The van der Waals surface area contributed by atoms with E-state index in [1.807, 2.05) is 0 Å². The summed E-state index contributed by atoms with van der Waals surface area (Å²) in [6.45, 7) is 0. The molecule has 44 heavy (non-hydrogen) atoms. The quantitative estimate of drug-likeness (QED) is 0.149. The van der Waals surface area contributed by atoms with Gasteiger partial charge in [0.2, 0.25) is 0 Å². The van der Waals surface area contributed by atoms with Gasteiger partial charge in [-0.3, -0.25) is 0 Å². The first-order valence-electron chi connectivity index (χ1n) is 13.1. The molecule has 0 amide bonds. The van der Waals surface area contributed by atoms with Crippen molar-refractivity contribution in [3.05, 3.63) is 70.3 Å². The zero-order valence-corrected chi connectivity index (χ0v) is 22.3. The molecule has 0 saturated heterocycles. The van der Waals surface area contributed by atoms with Crippen molar-refractivity contribution in [2.75, 3.05) is 0 Å². The van der Waals surface area contributed by atoms with Crippen LogP contribution in [0.15, 0.2) is 42.5 Å². The second kappa shape index (κ2) is 10.00. The molecule has 0 radical (unpaired) electrons. The molecule has 2 heterocycles. The third-order valence-corrected chi connectivity index (χ3v) is 7.86. The maximum absolute atomic E-state index is 11.8. The lowest BCUT2D eigenvalue weighted by atomic mass is 9.77. The van der Waals surface area contributed by atoms with E-state index in [-0.39, 0.29) is 45.7 Å². The highest BCUT2D eigenvalue weighted by Gasteiger charge is 2.46. The van der Waals surface area contributed by atoms with Crippen molar-refractivity contribution >= 4 is 0 Å². The Hall–Kier alpha value is -5.60. The highest BCUT2D eigenvalue weighted by atomic mass is 16.5.